The quantitative estimate of drug-likeness (QED) is 0.504. The van der Waals surface area contributed by atoms with Crippen LogP contribution in [0, 0.1) is 0 Å². The van der Waals surface area contributed by atoms with Gasteiger partial charge in [-0.2, -0.15) is 0 Å². The van der Waals surface area contributed by atoms with E-state index in [-0.39, 0.29) is 17.7 Å². The Bertz CT molecular complexity index is 847. The van der Waals surface area contributed by atoms with E-state index in [4.69, 9.17) is 0 Å². The van der Waals surface area contributed by atoms with Gasteiger partial charge in [-0.1, -0.05) is 32.0 Å². The molecule has 1 fully saturated rings. The molecule has 2 aromatic rings. The van der Waals surface area contributed by atoms with Gasteiger partial charge in [0.05, 0.1) is 23.7 Å². The molecule has 0 saturated carbocycles. The van der Waals surface area contributed by atoms with Gasteiger partial charge < -0.3 is 14.8 Å². The van der Waals surface area contributed by atoms with Gasteiger partial charge in [0.25, 0.3) is 0 Å². The number of rotatable bonds is 11. The first-order valence-corrected chi connectivity index (χ1v) is 12.7. The molecule has 0 aromatic carbocycles. The molecule has 1 atom stereocenters. The Balaban J connectivity index is 1.59. The van der Waals surface area contributed by atoms with Crippen molar-refractivity contribution in [2.45, 2.75) is 70.1 Å². The molecule has 1 unspecified atom stereocenters. The molecule has 8 nitrogen and oxygen atoms in total. The van der Waals surface area contributed by atoms with Crippen LogP contribution in [0.2, 0.25) is 0 Å². The number of piperidine rings is 1. The van der Waals surface area contributed by atoms with E-state index in [0.717, 1.165) is 61.4 Å². The summed E-state index contributed by atoms with van der Waals surface area (Å²) < 4.78 is 2.19. The molecule has 1 N–H and O–H groups in total. The maximum atomic E-state index is 12.6. The molecule has 2 aromatic heterocycles. The summed E-state index contributed by atoms with van der Waals surface area (Å²) in [4.78, 5) is 21.6. The van der Waals surface area contributed by atoms with Gasteiger partial charge in [-0.25, -0.2) is 4.98 Å². The number of thioether (sulfide) groups is 1. The third-order valence-electron chi connectivity index (χ3n) is 5.83. The molecule has 32 heavy (non-hydrogen) atoms. The zero-order valence-electron chi connectivity index (χ0n) is 19.9. The third kappa shape index (κ3) is 6.45. The highest BCUT2D eigenvalue weighted by Crippen LogP contribution is 2.26. The molecule has 9 heteroatoms. The van der Waals surface area contributed by atoms with Crippen LogP contribution in [-0.2, 0) is 11.3 Å². The van der Waals surface area contributed by atoms with Gasteiger partial charge in [0, 0.05) is 19.6 Å². The van der Waals surface area contributed by atoms with E-state index in [9.17, 15) is 4.79 Å². The van der Waals surface area contributed by atoms with Crippen molar-refractivity contribution in [2.75, 3.05) is 43.2 Å². The number of pyridine rings is 1. The van der Waals surface area contributed by atoms with Crippen LogP contribution in [0.4, 0.5) is 11.5 Å². The SMILES string of the molecule is CCCCn1c(SCC(=O)Nc2ccc(N3CCCCC3)nc2)nnc1C(CC)N(C)C. The second-order valence-electron chi connectivity index (χ2n) is 8.52. The summed E-state index contributed by atoms with van der Waals surface area (Å²) in [5.41, 5.74) is 0.725. The van der Waals surface area contributed by atoms with Gasteiger partial charge in [-0.3, -0.25) is 9.69 Å². The predicted octanol–water partition coefficient (Wildman–Crippen LogP) is 4.21. The lowest BCUT2D eigenvalue weighted by molar-refractivity contribution is -0.113. The normalized spacial score (nSPS) is 15.2. The number of amides is 1. The summed E-state index contributed by atoms with van der Waals surface area (Å²) in [5.74, 6) is 2.19. The van der Waals surface area contributed by atoms with Gasteiger partial charge in [0.2, 0.25) is 5.91 Å². The fraction of sp³-hybridized carbons (Fsp3) is 0.652. The second-order valence-corrected chi connectivity index (χ2v) is 9.47. The molecular formula is C23H37N7OS. The van der Waals surface area contributed by atoms with Crippen LogP contribution >= 0.6 is 11.8 Å². The van der Waals surface area contributed by atoms with Crippen LogP contribution in [0.3, 0.4) is 0 Å². The first kappa shape index (κ1) is 24.5. The van der Waals surface area contributed by atoms with Crippen LogP contribution in [0.25, 0.3) is 0 Å². The van der Waals surface area contributed by atoms with Crippen molar-refractivity contribution in [1.29, 1.82) is 0 Å². The highest BCUT2D eigenvalue weighted by atomic mass is 32.2. The summed E-state index contributed by atoms with van der Waals surface area (Å²) in [7, 11) is 4.13. The van der Waals surface area contributed by atoms with Crippen LogP contribution in [-0.4, -0.2) is 63.5 Å². The molecular weight excluding hydrogens is 422 g/mol. The fourth-order valence-corrected chi connectivity index (χ4v) is 4.83. The van der Waals surface area contributed by atoms with Crippen LogP contribution in [0.5, 0.6) is 0 Å². The van der Waals surface area contributed by atoms with Crippen LogP contribution < -0.4 is 10.2 Å². The van der Waals surface area contributed by atoms with Crippen molar-refractivity contribution in [1.82, 2.24) is 24.6 Å². The number of nitrogens with zero attached hydrogens (tertiary/aromatic N) is 6. The van der Waals surface area contributed by atoms with E-state index in [1.165, 1.54) is 31.0 Å². The molecule has 0 bridgehead atoms. The van der Waals surface area contributed by atoms with Gasteiger partial charge in [-0.15, -0.1) is 10.2 Å². The maximum absolute atomic E-state index is 12.6. The topological polar surface area (TPSA) is 79.2 Å². The van der Waals surface area contributed by atoms with Crippen molar-refractivity contribution in [3.63, 3.8) is 0 Å². The van der Waals surface area contributed by atoms with Crippen molar-refractivity contribution in [3.8, 4) is 0 Å². The zero-order chi connectivity index (χ0) is 22.9. The summed E-state index contributed by atoms with van der Waals surface area (Å²) >= 11 is 1.44. The lowest BCUT2D eigenvalue weighted by Gasteiger charge is -2.27. The lowest BCUT2D eigenvalue weighted by atomic mass is 10.1. The van der Waals surface area contributed by atoms with Crippen LogP contribution in [0.15, 0.2) is 23.5 Å². The van der Waals surface area contributed by atoms with Crippen molar-refractivity contribution < 1.29 is 4.79 Å². The molecule has 3 heterocycles. The van der Waals surface area contributed by atoms with Crippen LogP contribution in [0.1, 0.15) is 64.2 Å². The zero-order valence-corrected chi connectivity index (χ0v) is 20.7. The largest absolute Gasteiger partial charge is 0.357 e. The Kier molecular flexibility index (Phi) is 9.35. The Morgan fingerprint density at radius 1 is 1.19 bits per heavy atom. The number of hydrogen-bond acceptors (Lipinski definition) is 7. The number of hydrogen-bond donors (Lipinski definition) is 1. The summed E-state index contributed by atoms with van der Waals surface area (Å²) in [6.07, 6.45) is 8.60. The molecule has 0 radical (unpaired) electrons. The van der Waals surface area contributed by atoms with E-state index in [0.29, 0.717) is 0 Å². The molecule has 0 spiro atoms. The van der Waals surface area contributed by atoms with Gasteiger partial charge in [0.15, 0.2) is 11.0 Å². The first-order chi connectivity index (χ1) is 15.5. The minimum Gasteiger partial charge on any atom is -0.357 e. The standard InChI is InChI=1S/C23H37N7OS/c1-5-7-15-30-22(19(6-2)28(3)4)26-27-23(30)32-17-21(31)25-18-11-12-20(24-16-18)29-13-9-8-10-14-29/h11-12,16,19H,5-10,13-15,17H2,1-4H3,(H,25,31). The van der Waals surface area contributed by atoms with E-state index in [1.807, 2.05) is 12.1 Å². The summed E-state index contributed by atoms with van der Waals surface area (Å²) in [5, 5.41) is 12.7. The first-order valence-electron chi connectivity index (χ1n) is 11.8. The second kappa shape index (κ2) is 12.2. The van der Waals surface area contributed by atoms with E-state index >= 15 is 0 Å². The number of unbranched alkanes of at least 4 members (excludes halogenated alkanes) is 1. The van der Waals surface area contributed by atoms with E-state index in [2.05, 4.69) is 62.8 Å². The average molecular weight is 460 g/mol. The van der Waals surface area contributed by atoms with Crippen molar-refractivity contribution >= 4 is 29.2 Å². The highest BCUT2D eigenvalue weighted by Gasteiger charge is 2.22. The predicted molar refractivity (Wildman–Crippen MR) is 131 cm³/mol. The van der Waals surface area contributed by atoms with E-state index in [1.54, 1.807) is 6.20 Å². The Labute approximate surface area is 196 Å². The number of carbonyl (C=O) groups is 1. The minimum atomic E-state index is -0.0613. The average Bonchev–Trinajstić information content (AvgIpc) is 3.20. The van der Waals surface area contributed by atoms with Gasteiger partial charge in [-0.05, 0) is 58.3 Å². The molecule has 176 valence electrons. The summed E-state index contributed by atoms with van der Waals surface area (Å²) in [6, 6.07) is 4.14. The molecule has 1 aliphatic heterocycles. The molecule has 0 aliphatic carbocycles. The number of nitrogens with one attached hydrogen (secondary N) is 1. The lowest BCUT2D eigenvalue weighted by Crippen LogP contribution is -2.30. The number of anilines is 2. The summed E-state index contributed by atoms with van der Waals surface area (Å²) in [6.45, 7) is 7.33. The Morgan fingerprint density at radius 2 is 1.97 bits per heavy atom. The Morgan fingerprint density at radius 3 is 2.59 bits per heavy atom. The monoisotopic (exact) mass is 459 g/mol. The van der Waals surface area contributed by atoms with Crippen molar-refractivity contribution in [3.05, 3.63) is 24.2 Å². The number of carbonyl (C=O) groups excluding carboxylic acids is 1. The minimum absolute atomic E-state index is 0.0613. The third-order valence-corrected chi connectivity index (χ3v) is 6.80. The van der Waals surface area contributed by atoms with Crippen molar-refractivity contribution in [2.24, 2.45) is 0 Å². The molecule has 1 amide bonds. The van der Waals surface area contributed by atoms with E-state index < -0.39 is 0 Å². The van der Waals surface area contributed by atoms with Gasteiger partial charge >= 0.3 is 0 Å². The van der Waals surface area contributed by atoms with Gasteiger partial charge in [0.1, 0.15) is 5.82 Å². The maximum Gasteiger partial charge on any atom is 0.234 e. The molecule has 1 saturated heterocycles. The highest BCUT2D eigenvalue weighted by molar-refractivity contribution is 7.99. The Hall–Kier alpha value is -2.13. The fourth-order valence-electron chi connectivity index (χ4n) is 4.06. The smallest absolute Gasteiger partial charge is 0.234 e. The number of aromatic nitrogens is 4. The molecule has 3 rings (SSSR count). The molecule has 1 aliphatic rings.